The zero-order valence-corrected chi connectivity index (χ0v) is 11.7. The number of aromatic nitrogens is 1. The standard InChI is InChI=1S/C15H14ClNO3/c1-19-15(18)14(12-5-3-7-17-10-12)20-13-6-2-4-11(8-13)9-16/h2-8,10,14H,9H2,1H3. The van der Waals surface area contributed by atoms with Crippen molar-refractivity contribution in [2.75, 3.05) is 7.11 Å². The Morgan fingerprint density at radius 1 is 1.35 bits per heavy atom. The van der Waals surface area contributed by atoms with Crippen LogP contribution in [-0.4, -0.2) is 18.1 Å². The maximum Gasteiger partial charge on any atom is 0.351 e. The number of esters is 1. The molecule has 4 nitrogen and oxygen atoms in total. The molecule has 2 aromatic rings. The van der Waals surface area contributed by atoms with Gasteiger partial charge >= 0.3 is 5.97 Å². The van der Waals surface area contributed by atoms with Crippen LogP contribution in [0.2, 0.25) is 0 Å². The van der Waals surface area contributed by atoms with Crippen molar-refractivity contribution in [1.82, 2.24) is 4.98 Å². The number of benzene rings is 1. The van der Waals surface area contributed by atoms with Crippen LogP contribution >= 0.6 is 11.6 Å². The lowest BCUT2D eigenvalue weighted by atomic mass is 10.1. The van der Waals surface area contributed by atoms with Crippen LogP contribution in [0, 0.1) is 0 Å². The van der Waals surface area contributed by atoms with E-state index in [4.69, 9.17) is 21.1 Å². The normalized spacial score (nSPS) is 11.7. The van der Waals surface area contributed by atoms with Gasteiger partial charge in [-0.15, -0.1) is 11.6 Å². The summed E-state index contributed by atoms with van der Waals surface area (Å²) in [6.45, 7) is 0. The molecule has 0 N–H and O–H groups in total. The van der Waals surface area contributed by atoms with Gasteiger partial charge in [0, 0.05) is 23.8 Å². The zero-order valence-electron chi connectivity index (χ0n) is 11.0. The van der Waals surface area contributed by atoms with Crippen LogP contribution in [0.3, 0.4) is 0 Å². The number of nitrogens with zero attached hydrogens (tertiary/aromatic N) is 1. The molecule has 1 aromatic carbocycles. The minimum atomic E-state index is -0.848. The molecule has 1 unspecified atom stereocenters. The molecule has 0 radical (unpaired) electrons. The number of rotatable bonds is 5. The highest BCUT2D eigenvalue weighted by molar-refractivity contribution is 6.17. The fourth-order valence-electron chi connectivity index (χ4n) is 1.73. The average Bonchev–Trinajstić information content (AvgIpc) is 2.53. The van der Waals surface area contributed by atoms with Crippen molar-refractivity contribution in [2.45, 2.75) is 12.0 Å². The summed E-state index contributed by atoms with van der Waals surface area (Å²) in [5.74, 6) is 0.462. The molecule has 1 aromatic heterocycles. The summed E-state index contributed by atoms with van der Waals surface area (Å²) >= 11 is 5.79. The summed E-state index contributed by atoms with van der Waals surface area (Å²) in [7, 11) is 1.32. The number of carbonyl (C=O) groups is 1. The molecule has 0 aliphatic carbocycles. The molecule has 0 saturated heterocycles. The molecule has 0 saturated carbocycles. The van der Waals surface area contributed by atoms with E-state index >= 15 is 0 Å². The quantitative estimate of drug-likeness (QED) is 0.627. The highest BCUT2D eigenvalue weighted by atomic mass is 35.5. The van der Waals surface area contributed by atoms with Crippen LogP contribution in [-0.2, 0) is 15.4 Å². The van der Waals surface area contributed by atoms with Gasteiger partial charge in [0.25, 0.3) is 0 Å². The fraction of sp³-hybridized carbons (Fsp3) is 0.200. The van der Waals surface area contributed by atoms with E-state index in [0.29, 0.717) is 17.2 Å². The van der Waals surface area contributed by atoms with Gasteiger partial charge in [0.15, 0.2) is 0 Å². The van der Waals surface area contributed by atoms with E-state index in [9.17, 15) is 4.79 Å². The lowest BCUT2D eigenvalue weighted by molar-refractivity contribution is -0.149. The highest BCUT2D eigenvalue weighted by Gasteiger charge is 2.23. The maximum absolute atomic E-state index is 11.9. The Hall–Kier alpha value is -2.07. The first-order valence-electron chi connectivity index (χ1n) is 6.04. The summed E-state index contributed by atoms with van der Waals surface area (Å²) in [5.41, 5.74) is 1.55. The number of alkyl halides is 1. The van der Waals surface area contributed by atoms with Crippen LogP contribution in [0.4, 0.5) is 0 Å². The zero-order chi connectivity index (χ0) is 14.4. The van der Waals surface area contributed by atoms with Crippen LogP contribution in [0.25, 0.3) is 0 Å². The van der Waals surface area contributed by atoms with Gasteiger partial charge in [-0.25, -0.2) is 4.79 Å². The predicted molar refractivity (Wildman–Crippen MR) is 75.6 cm³/mol. The molecule has 0 amide bonds. The number of methoxy groups -OCH3 is 1. The molecule has 20 heavy (non-hydrogen) atoms. The van der Waals surface area contributed by atoms with Gasteiger partial charge in [-0.3, -0.25) is 4.98 Å². The predicted octanol–water partition coefficient (Wildman–Crippen LogP) is 3.11. The van der Waals surface area contributed by atoms with Crippen molar-refractivity contribution in [3.8, 4) is 5.75 Å². The van der Waals surface area contributed by atoms with Gasteiger partial charge in [0.2, 0.25) is 6.10 Å². The van der Waals surface area contributed by atoms with E-state index in [0.717, 1.165) is 5.56 Å². The van der Waals surface area contributed by atoms with E-state index in [-0.39, 0.29) is 0 Å². The molecular formula is C15H14ClNO3. The largest absolute Gasteiger partial charge is 0.474 e. The van der Waals surface area contributed by atoms with Crippen molar-refractivity contribution in [2.24, 2.45) is 0 Å². The van der Waals surface area contributed by atoms with Crippen molar-refractivity contribution >= 4 is 17.6 Å². The molecule has 1 atom stereocenters. The first kappa shape index (κ1) is 14.3. The molecular weight excluding hydrogens is 278 g/mol. The molecule has 1 heterocycles. The Morgan fingerprint density at radius 2 is 2.20 bits per heavy atom. The molecule has 104 valence electrons. The monoisotopic (exact) mass is 291 g/mol. The van der Waals surface area contributed by atoms with Gasteiger partial charge in [0.05, 0.1) is 7.11 Å². The summed E-state index contributed by atoms with van der Waals surface area (Å²) in [4.78, 5) is 15.9. The van der Waals surface area contributed by atoms with Crippen LogP contribution in [0.5, 0.6) is 5.75 Å². The van der Waals surface area contributed by atoms with E-state index in [1.54, 1.807) is 36.7 Å². The number of carbonyl (C=O) groups excluding carboxylic acids is 1. The van der Waals surface area contributed by atoms with E-state index in [1.165, 1.54) is 7.11 Å². The third kappa shape index (κ3) is 3.48. The maximum atomic E-state index is 11.9. The lowest BCUT2D eigenvalue weighted by Gasteiger charge is -2.17. The lowest BCUT2D eigenvalue weighted by Crippen LogP contribution is -2.20. The highest BCUT2D eigenvalue weighted by Crippen LogP contribution is 2.24. The Morgan fingerprint density at radius 3 is 2.85 bits per heavy atom. The second kappa shape index (κ2) is 6.91. The Kier molecular flexibility index (Phi) is 4.96. The third-order valence-corrected chi connectivity index (χ3v) is 3.02. The second-order valence-electron chi connectivity index (χ2n) is 4.09. The second-order valence-corrected chi connectivity index (χ2v) is 4.36. The van der Waals surface area contributed by atoms with Gasteiger partial charge in [-0.05, 0) is 23.8 Å². The average molecular weight is 292 g/mol. The van der Waals surface area contributed by atoms with Crippen molar-refractivity contribution in [1.29, 1.82) is 0 Å². The Balaban J connectivity index is 2.26. The van der Waals surface area contributed by atoms with Gasteiger partial charge in [-0.2, -0.15) is 0 Å². The van der Waals surface area contributed by atoms with E-state index < -0.39 is 12.1 Å². The van der Waals surface area contributed by atoms with Gasteiger partial charge in [0.1, 0.15) is 5.75 Å². The van der Waals surface area contributed by atoms with Crippen molar-refractivity contribution in [3.63, 3.8) is 0 Å². The summed E-state index contributed by atoms with van der Waals surface area (Å²) in [6, 6.07) is 10.8. The molecule has 5 heteroatoms. The SMILES string of the molecule is COC(=O)C(Oc1cccc(CCl)c1)c1cccnc1. The minimum Gasteiger partial charge on any atom is -0.474 e. The van der Waals surface area contributed by atoms with Crippen LogP contribution in [0.1, 0.15) is 17.2 Å². The van der Waals surface area contributed by atoms with E-state index in [2.05, 4.69) is 4.98 Å². The number of ether oxygens (including phenoxy) is 2. The van der Waals surface area contributed by atoms with E-state index in [1.807, 2.05) is 12.1 Å². The summed E-state index contributed by atoms with van der Waals surface area (Å²) < 4.78 is 10.5. The molecule has 0 fully saturated rings. The molecule has 2 rings (SSSR count). The molecule has 0 aliphatic rings. The molecule has 0 bridgehead atoms. The van der Waals surface area contributed by atoms with Crippen LogP contribution in [0.15, 0.2) is 48.8 Å². The smallest absolute Gasteiger partial charge is 0.351 e. The number of halogens is 1. The third-order valence-electron chi connectivity index (χ3n) is 2.71. The Labute approximate surface area is 122 Å². The topological polar surface area (TPSA) is 48.4 Å². The van der Waals surface area contributed by atoms with Crippen molar-refractivity contribution < 1.29 is 14.3 Å². The number of hydrogen-bond acceptors (Lipinski definition) is 4. The van der Waals surface area contributed by atoms with Crippen LogP contribution < -0.4 is 4.74 Å². The summed E-state index contributed by atoms with van der Waals surface area (Å²) in [5, 5.41) is 0. The number of hydrogen-bond donors (Lipinski definition) is 0. The summed E-state index contributed by atoms with van der Waals surface area (Å²) in [6.07, 6.45) is 2.36. The van der Waals surface area contributed by atoms with Gasteiger partial charge in [-0.1, -0.05) is 18.2 Å². The van der Waals surface area contributed by atoms with Crippen molar-refractivity contribution in [3.05, 3.63) is 59.9 Å². The molecule has 0 spiro atoms. The Bertz CT molecular complexity index is 574. The first-order valence-corrected chi connectivity index (χ1v) is 6.57. The number of pyridine rings is 1. The van der Waals surface area contributed by atoms with Gasteiger partial charge < -0.3 is 9.47 Å². The first-order chi connectivity index (χ1) is 9.74. The fourth-order valence-corrected chi connectivity index (χ4v) is 1.89. The molecule has 0 aliphatic heterocycles. The minimum absolute atomic E-state index is 0.382.